The van der Waals surface area contributed by atoms with E-state index in [1.165, 1.54) is 55.5 Å². The average Bonchev–Trinajstić information content (AvgIpc) is 3.80. The number of methoxy groups -OCH3 is 4. The summed E-state index contributed by atoms with van der Waals surface area (Å²) in [5.74, 6) is 3.67. The highest BCUT2D eigenvalue weighted by molar-refractivity contribution is 8.13. The van der Waals surface area contributed by atoms with Crippen molar-refractivity contribution in [1.29, 1.82) is 0 Å². The molecule has 2 aromatic heterocycles. The Balaban J connectivity index is 0.000000178. The summed E-state index contributed by atoms with van der Waals surface area (Å²) in [6, 6.07) is 29.7. The van der Waals surface area contributed by atoms with Crippen LogP contribution in [0.2, 0.25) is 0 Å². The number of aromatic nitrogens is 4. The maximum atomic E-state index is 11.0. The van der Waals surface area contributed by atoms with E-state index in [0.717, 1.165) is 33.4 Å². The molecule has 0 bridgehead atoms. The van der Waals surface area contributed by atoms with E-state index in [-0.39, 0.29) is 4.90 Å². The lowest BCUT2D eigenvalue weighted by atomic mass is 10.2. The third kappa shape index (κ3) is 10.8. The molecule has 2 heterocycles. The largest absolute Gasteiger partial charge is 0.493 e. The highest BCUT2D eigenvalue weighted by Crippen LogP contribution is 2.31. The molecule has 49 heavy (non-hydrogen) atoms. The fourth-order valence-corrected chi connectivity index (χ4v) is 5.88. The van der Waals surface area contributed by atoms with Crippen LogP contribution in [0, 0.1) is 0 Å². The van der Waals surface area contributed by atoms with E-state index in [9.17, 15) is 8.42 Å². The summed E-state index contributed by atoms with van der Waals surface area (Å²) in [6.07, 6.45) is 0. The van der Waals surface area contributed by atoms with E-state index in [4.69, 9.17) is 35.4 Å². The number of nitrogens with one attached hydrogen (secondary N) is 1. The third-order valence-electron chi connectivity index (χ3n) is 6.46. The molecule has 0 aliphatic heterocycles. The number of benzene rings is 4. The van der Waals surface area contributed by atoms with Crippen LogP contribution in [0.3, 0.4) is 0 Å². The van der Waals surface area contributed by atoms with Crippen LogP contribution in [0.25, 0.3) is 22.8 Å². The van der Waals surface area contributed by atoms with Gasteiger partial charge in [0.05, 0.1) is 33.3 Å². The van der Waals surface area contributed by atoms with Crippen molar-refractivity contribution in [1.82, 2.24) is 18.7 Å². The Morgan fingerprint density at radius 3 is 1.69 bits per heavy atom. The molecule has 0 radical (unpaired) electrons. The smallest absolute Gasteiger partial charge is 0.261 e. The zero-order valence-corrected chi connectivity index (χ0v) is 30.1. The molecule has 0 saturated carbocycles. The van der Waals surface area contributed by atoms with Crippen molar-refractivity contribution in [3.05, 3.63) is 103 Å². The normalized spacial score (nSPS) is 10.5. The minimum atomic E-state index is -3.72. The molecule has 0 fully saturated rings. The van der Waals surface area contributed by atoms with Gasteiger partial charge >= 0.3 is 0 Å². The second kappa shape index (κ2) is 18.0. The van der Waals surface area contributed by atoms with E-state index in [0.29, 0.717) is 34.7 Å². The van der Waals surface area contributed by atoms with Crippen LogP contribution in [0.1, 0.15) is 5.56 Å². The van der Waals surface area contributed by atoms with Gasteiger partial charge in [-0.3, -0.25) is 0 Å². The van der Waals surface area contributed by atoms with Gasteiger partial charge < -0.3 is 30.0 Å². The zero-order valence-electron chi connectivity index (χ0n) is 26.9. The maximum Gasteiger partial charge on any atom is 0.261 e. The number of hydrogen-bond acceptors (Lipinski definition) is 14. The molecule has 0 saturated heterocycles. The minimum absolute atomic E-state index is 0.0168. The molecule has 3 N–H and O–H groups in total. The standard InChI is InChI=1S/C17H17N3O2S.C8H9ClO4S.C8H7N3S/c1-21-14-9-8-12(10-15(14)22-2)11-18-17-19-16(20-23-17)13-6-4-3-5-7-13;1-12-7-4-3-6(14(9,10)11)5-8(7)13-2;9-8-10-7(11-12-8)6-4-2-1-3-5-6/h3-10H,11H2,1-2H3,(H,18,19,20);3-5H,1-2H3;1-5H,(H2,9,10,11). The zero-order chi connectivity index (χ0) is 35.2. The summed E-state index contributed by atoms with van der Waals surface area (Å²) < 4.78 is 50.8. The quantitative estimate of drug-likeness (QED) is 0.136. The Morgan fingerprint density at radius 1 is 0.673 bits per heavy atom. The van der Waals surface area contributed by atoms with Crippen molar-refractivity contribution in [2.45, 2.75) is 11.4 Å². The number of nitrogens with two attached hydrogens (primary N) is 1. The van der Waals surface area contributed by atoms with Gasteiger partial charge in [-0.2, -0.15) is 18.7 Å². The molecular formula is C33H33ClN6O6S3. The van der Waals surface area contributed by atoms with Crippen LogP contribution < -0.4 is 30.0 Å². The summed E-state index contributed by atoms with van der Waals surface area (Å²) in [5, 5.41) is 4.59. The van der Waals surface area contributed by atoms with Crippen molar-refractivity contribution in [2.75, 3.05) is 39.5 Å². The van der Waals surface area contributed by atoms with Gasteiger partial charge in [0.1, 0.15) is 0 Å². The van der Waals surface area contributed by atoms with Gasteiger partial charge in [0.25, 0.3) is 9.05 Å². The summed E-state index contributed by atoms with van der Waals surface area (Å²) in [7, 11) is 7.58. The molecule has 12 nitrogen and oxygen atoms in total. The first kappa shape index (κ1) is 36.9. The summed E-state index contributed by atoms with van der Waals surface area (Å²) in [6.45, 7) is 0.643. The van der Waals surface area contributed by atoms with Crippen molar-refractivity contribution in [2.24, 2.45) is 0 Å². The topological polar surface area (TPSA) is 161 Å². The number of ether oxygens (including phenoxy) is 4. The lowest BCUT2D eigenvalue weighted by Crippen LogP contribution is -2.00. The van der Waals surface area contributed by atoms with Gasteiger partial charge in [-0.15, -0.1) is 0 Å². The van der Waals surface area contributed by atoms with Gasteiger partial charge in [0, 0.05) is 57.5 Å². The Hall–Kier alpha value is -4.96. The molecule has 4 aromatic carbocycles. The molecule has 0 unspecified atom stereocenters. The number of nitrogens with zero attached hydrogens (tertiary/aromatic N) is 4. The van der Waals surface area contributed by atoms with Crippen molar-refractivity contribution < 1.29 is 27.4 Å². The van der Waals surface area contributed by atoms with Crippen molar-refractivity contribution in [3.63, 3.8) is 0 Å². The fourth-order valence-electron chi connectivity index (χ4n) is 4.08. The van der Waals surface area contributed by atoms with Gasteiger partial charge in [0.15, 0.2) is 39.8 Å². The van der Waals surface area contributed by atoms with E-state index < -0.39 is 9.05 Å². The summed E-state index contributed by atoms with van der Waals surface area (Å²) in [5.41, 5.74) is 8.56. The second-order valence-corrected chi connectivity index (χ2v) is 13.7. The first-order valence-corrected chi connectivity index (χ1v) is 18.2. The van der Waals surface area contributed by atoms with Gasteiger partial charge in [-0.25, -0.2) is 8.42 Å². The fraction of sp³-hybridized carbons (Fsp3) is 0.152. The van der Waals surface area contributed by atoms with Crippen molar-refractivity contribution >= 4 is 53.1 Å². The van der Waals surface area contributed by atoms with Gasteiger partial charge in [-0.05, 0) is 29.8 Å². The van der Waals surface area contributed by atoms with E-state index in [1.807, 2.05) is 78.9 Å². The highest BCUT2D eigenvalue weighted by atomic mass is 35.7. The van der Waals surface area contributed by atoms with Crippen LogP contribution in [0.4, 0.5) is 10.3 Å². The number of halogens is 1. The lowest BCUT2D eigenvalue weighted by Gasteiger charge is -2.09. The minimum Gasteiger partial charge on any atom is -0.493 e. The predicted molar refractivity (Wildman–Crippen MR) is 195 cm³/mol. The second-order valence-electron chi connectivity index (χ2n) is 9.61. The Bertz CT molecular complexity index is 2030. The van der Waals surface area contributed by atoms with Gasteiger partial charge in [0.2, 0.25) is 5.13 Å². The molecule has 16 heteroatoms. The van der Waals surface area contributed by atoms with Crippen LogP contribution in [-0.4, -0.2) is 55.6 Å². The molecule has 0 amide bonds. The first-order chi connectivity index (χ1) is 23.6. The SMILES string of the molecule is COc1ccc(CNc2nc(-c3ccccc3)ns2)cc1OC.COc1ccc(S(=O)(=O)Cl)cc1OC.Nc1nc(-c2ccccc2)ns1. The van der Waals surface area contributed by atoms with Gasteiger partial charge in [-0.1, -0.05) is 66.7 Å². The molecule has 6 rings (SSSR count). The first-order valence-electron chi connectivity index (χ1n) is 14.3. The average molecular weight is 741 g/mol. The van der Waals surface area contributed by atoms with Crippen LogP contribution in [0.15, 0.2) is 102 Å². The Morgan fingerprint density at radius 2 is 1.18 bits per heavy atom. The van der Waals surface area contributed by atoms with Crippen molar-refractivity contribution in [3.8, 4) is 45.8 Å². The predicted octanol–water partition coefficient (Wildman–Crippen LogP) is 7.25. The highest BCUT2D eigenvalue weighted by Gasteiger charge is 2.13. The van der Waals surface area contributed by atoms with Crippen LogP contribution in [0.5, 0.6) is 23.0 Å². The molecule has 0 aliphatic rings. The lowest BCUT2D eigenvalue weighted by molar-refractivity contribution is 0.354. The van der Waals surface area contributed by atoms with E-state index in [2.05, 4.69) is 24.0 Å². The number of anilines is 2. The van der Waals surface area contributed by atoms with E-state index in [1.54, 1.807) is 14.2 Å². The Kier molecular flexibility index (Phi) is 13.5. The number of nitrogen functional groups attached to an aromatic ring is 1. The number of rotatable bonds is 10. The third-order valence-corrected chi connectivity index (χ3v) is 9.03. The Labute approximate surface area is 297 Å². The summed E-state index contributed by atoms with van der Waals surface area (Å²) in [4.78, 5) is 8.56. The number of hydrogen-bond donors (Lipinski definition) is 2. The molecule has 0 spiro atoms. The molecular weight excluding hydrogens is 708 g/mol. The maximum absolute atomic E-state index is 11.0. The summed E-state index contributed by atoms with van der Waals surface area (Å²) >= 11 is 2.57. The molecule has 0 atom stereocenters. The monoisotopic (exact) mass is 740 g/mol. The molecule has 0 aliphatic carbocycles. The van der Waals surface area contributed by atoms with Crippen LogP contribution >= 0.6 is 33.7 Å². The molecule has 256 valence electrons. The molecule has 6 aromatic rings. The van der Waals surface area contributed by atoms with Crippen LogP contribution in [-0.2, 0) is 15.6 Å². The van der Waals surface area contributed by atoms with E-state index >= 15 is 0 Å².